The molecule has 2 aromatic heterocycles. The summed E-state index contributed by atoms with van der Waals surface area (Å²) < 4.78 is 20.2. The van der Waals surface area contributed by atoms with Gasteiger partial charge in [0.2, 0.25) is 5.82 Å². The molecule has 6 nitrogen and oxygen atoms in total. The number of rotatable bonds is 3. The Morgan fingerprint density at radius 2 is 2.09 bits per heavy atom. The van der Waals surface area contributed by atoms with Crippen molar-refractivity contribution in [3.8, 4) is 22.8 Å². The van der Waals surface area contributed by atoms with Crippen molar-refractivity contribution in [1.29, 1.82) is 0 Å². The van der Waals surface area contributed by atoms with Crippen LogP contribution in [0.3, 0.4) is 0 Å². The minimum Gasteiger partial charge on any atom is -0.333 e. The Bertz CT molecular complexity index is 789. The Hall–Kier alpha value is -2.54. The lowest BCUT2D eigenvalue weighted by Crippen LogP contribution is -2.31. The Morgan fingerprint density at radius 3 is 2.87 bits per heavy atom. The number of piperidine rings is 1. The number of hydrogen-bond donors (Lipinski definition) is 1. The van der Waals surface area contributed by atoms with E-state index in [0.29, 0.717) is 23.3 Å². The van der Waals surface area contributed by atoms with Crippen molar-refractivity contribution in [2.45, 2.75) is 18.9 Å². The van der Waals surface area contributed by atoms with E-state index in [1.54, 1.807) is 18.3 Å². The van der Waals surface area contributed by atoms with E-state index >= 15 is 0 Å². The Kier molecular flexibility index (Phi) is 3.63. The first-order chi connectivity index (χ1) is 11.3. The first-order valence-electron chi connectivity index (χ1n) is 7.64. The van der Waals surface area contributed by atoms with Crippen LogP contribution in [0.4, 0.5) is 4.39 Å². The summed E-state index contributed by atoms with van der Waals surface area (Å²) in [4.78, 5) is 4.37. The van der Waals surface area contributed by atoms with Gasteiger partial charge in [-0.3, -0.25) is 4.68 Å². The first-order valence-corrected chi connectivity index (χ1v) is 7.64. The van der Waals surface area contributed by atoms with Crippen molar-refractivity contribution >= 4 is 0 Å². The molecule has 0 bridgehead atoms. The molecule has 0 amide bonds. The molecule has 0 saturated carbocycles. The molecule has 3 heterocycles. The summed E-state index contributed by atoms with van der Waals surface area (Å²) in [5.74, 6) is 0.561. The maximum absolute atomic E-state index is 13.0. The van der Waals surface area contributed by atoms with Gasteiger partial charge < -0.3 is 9.84 Å². The van der Waals surface area contributed by atoms with E-state index in [1.165, 1.54) is 12.1 Å². The number of aromatic nitrogens is 4. The zero-order valence-electron chi connectivity index (χ0n) is 12.4. The van der Waals surface area contributed by atoms with Gasteiger partial charge in [0.25, 0.3) is 5.89 Å². The number of hydrogen-bond acceptors (Lipinski definition) is 5. The Morgan fingerprint density at radius 1 is 1.22 bits per heavy atom. The number of nitrogens with zero attached hydrogens (tertiary/aromatic N) is 4. The summed E-state index contributed by atoms with van der Waals surface area (Å²) in [7, 11) is 0. The summed E-state index contributed by atoms with van der Waals surface area (Å²) in [5, 5.41) is 11.7. The fourth-order valence-corrected chi connectivity index (χ4v) is 2.76. The maximum Gasteiger partial charge on any atom is 0.261 e. The lowest BCUT2D eigenvalue weighted by atomic mass is 10.1. The molecule has 1 aromatic carbocycles. The zero-order valence-corrected chi connectivity index (χ0v) is 12.4. The SMILES string of the molecule is Fc1ccc(-c2noc(-c3cnn(C4CCCNC4)c3)n2)cc1. The van der Waals surface area contributed by atoms with Crippen LogP contribution >= 0.6 is 0 Å². The van der Waals surface area contributed by atoms with Crippen LogP contribution in [0.25, 0.3) is 22.8 Å². The molecule has 3 aromatic rings. The van der Waals surface area contributed by atoms with E-state index in [0.717, 1.165) is 31.5 Å². The van der Waals surface area contributed by atoms with Crippen molar-refractivity contribution in [2.24, 2.45) is 0 Å². The van der Waals surface area contributed by atoms with Crippen molar-refractivity contribution in [3.05, 3.63) is 42.5 Å². The second-order valence-corrected chi connectivity index (χ2v) is 5.64. The molecule has 1 aliphatic heterocycles. The third-order valence-corrected chi connectivity index (χ3v) is 4.02. The highest BCUT2D eigenvalue weighted by atomic mass is 19.1. The predicted molar refractivity (Wildman–Crippen MR) is 82.1 cm³/mol. The van der Waals surface area contributed by atoms with E-state index in [-0.39, 0.29) is 5.82 Å². The van der Waals surface area contributed by atoms with E-state index in [2.05, 4.69) is 20.6 Å². The second kappa shape index (κ2) is 5.92. The molecule has 7 heteroatoms. The second-order valence-electron chi connectivity index (χ2n) is 5.64. The third kappa shape index (κ3) is 2.87. The molecule has 4 rings (SSSR count). The highest BCUT2D eigenvalue weighted by Crippen LogP contribution is 2.24. The summed E-state index contributed by atoms with van der Waals surface area (Å²) >= 11 is 0. The normalized spacial score (nSPS) is 18.2. The van der Waals surface area contributed by atoms with Gasteiger partial charge in [0, 0.05) is 18.3 Å². The monoisotopic (exact) mass is 313 g/mol. The molecule has 1 aliphatic rings. The molecule has 1 unspecified atom stereocenters. The number of nitrogens with one attached hydrogen (secondary N) is 1. The van der Waals surface area contributed by atoms with E-state index < -0.39 is 0 Å². The summed E-state index contributed by atoms with van der Waals surface area (Å²) in [6, 6.07) is 6.36. The van der Waals surface area contributed by atoms with Gasteiger partial charge in [0.1, 0.15) is 5.82 Å². The predicted octanol–water partition coefficient (Wildman–Crippen LogP) is 2.66. The highest BCUT2D eigenvalue weighted by Gasteiger charge is 2.18. The molecule has 1 saturated heterocycles. The van der Waals surface area contributed by atoms with Gasteiger partial charge in [-0.05, 0) is 43.7 Å². The highest BCUT2D eigenvalue weighted by molar-refractivity contribution is 5.58. The van der Waals surface area contributed by atoms with Crippen LogP contribution in [0.5, 0.6) is 0 Å². The van der Waals surface area contributed by atoms with E-state index in [1.807, 2.05) is 10.9 Å². The Balaban J connectivity index is 1.57. The van der Waals surface area contributed by atoms with Crippen molar-refractivity contribution < 1.29 is 8.91 Å². The maximum atomic E-state index is 13.0. The van der Waals surface area contributed by atoms with Crippen LogP contribution in [0.1, 0.15) is 18.9 Å². The fourth-order valence-electron chi connectivity index (χ4n) is 2.76. The van der Waals surface area contributed by atoms with Crippen molar-refractivity contribution in [1.82, 2.24) is 25.2 Å². The van der Waals surface area contributed by atoms with Gasteiger partial charge in [-0.25, -0.2) is 4.39 Å². The Labute approximate surface area is 132 Å². The van der Waals surface area contributed by atoms with Crippen LogP contribution in [-0.4, -0.2) is 33.0 Å². The third-order valence-electron chi connectivity index (χ3n) is 4.02. The molecule has 23 heavy (non-hydrogen) atoms. The molecule has 1 fully saturated rings. The lowest BCUT2D eigenvalue weighted by Gasteiger charge is -2.22. The minimum atomic E-state index is -0.292. The topological polar surface area (TPSA) is 68.8 Å². The molecule has 118 valence electrons. The van der Waals surface area contributed by atoms with Crippen LogP contribution in [0.15, 0.2) is 41.2 Å². The summed E-state index contributed by atoms with van der Waals surface area (Å²) in [6.07, 6.45) is 5.92. The molecular formula is C16H16FN5O. The molecule has 0 spiro atoms. The average molecular weight is 313 g/mol. The van der Waals surface area contributed by atoms with E-state index in [4.69, 9.17) is 4.52 Å². The standard InChI is InChI=1S/C16H16FN5O/c17-13-5-3-11(4-6-13)15-20-16(23-21-15)12-8-19-22(10-12)14-2-1-7-18-9-14/h3-6,8,10,14,18H,1-2,7,9H2. The zero-order chi connectivity index (χ0) is 15.6. The molecule has 0 aliphatic carbocycles. The fraction of sp³-hybridized carbons (Fsp3) is 0.312. The van der Waals surface area contributed by atoms with Gasteiger partial charge in [0.05, 0.1) is 17.8 Å². The van der Waals surface area contributed by atoms with E-state index in [9.17, 15) is 4.39 Å². The van der Waals surface area contributed by atoms with Crippen LogP contribution < -0.4 is 5.32 Å². The van der Waals surface area contributed by atoms with Crippen LogP contribution in [0, 0.1) is 5.82 Å². The van der Waals surface area contributed by atoms with Gasteiger partial charge in [0.15, 0.2) is 0 Å². The van der Waals surface area contributed by atoms with Gasteiger partial charge in [-0.1, -0.05) is 5.16 Å². The molecule has 0 radical (unpaired) electrons. The van der Waals surface area contributed by atoms with Crippen molar-refractivity contribution in [2.75, 3.05) is 13.1 Å². The summed E-state index contributed by atoms with van der Waals surface area (Å²) in [5.41, 5.74) is 1.50. The quantitative estimate of drug-likeness (QED) is 0.805. The molecular weight excluding hydrogens is 297 g/mol. The van der Waals surface area contributed by atoms with Crippen molar-refractivity contribution in [3.63, 3.8) is 0 Å². The van der Waals surface area contributed by atoms with Crippen LogP contribution in [-0.2, 0) is 0 Å². The lowest BCUT2D eigenvalue weighted by molar-refractivity contribution is 0.347. The van der Waals surface area contributed by atoms with Crippen LogP contribution in [0.2, 0.25) is 0 Å². The van der Waals surface area contributed by atoms with Gasteiger partial charge in [-0.15, -0.1) is 0 Å². The minimum absolute atomic E-state index is 0.292. The largest absolute Gasteiger partial charge is 0.333 e. The van der Waals surface area contributed by atoms with Gasteiger partial charge in [-0.2, -0.15) is 10.1 Å². The number of benzene rings is 1. The molecule has 1 atom stereocenters. The number of halogens is 1. The first kappa shape index (κ1) is 14.1. The molecule has 1 N–H and O–H groups in total. The van der Waals surface area contributed by atoms with Gasteiger partial charge >= 0.3 is 0 Å². The smallest absolute Gasteiger partial charge is 0.261 e. The average Bonchev–Trinajstić information content (AvgIpc) is 3.26. The summed E-state index contributed by atoms with van der Waals surface area (Å²) in [6.45, 7) is 1.99.